The van der Waals surface area contributed by atoms with Crippen LogP contribution in [0.25, 0.3) is 0 Å². The molecule has 7 heteroatoms. The minimum atomic E-state index is -0.474. The minimum absolute atomic E-state index is 0.220. The molecule has 0 aliphatic carbocycles. The molecular formula is C16H32N4O3. The van der Waals surface area contributed by atoms with Crippen molar-refractivity contribution in [2.24, 2.45) is 5.73 Å². The number of hydrogen-bond donors (Lipinski definition) is 1. The Morgan fingerprint density at radius 1 is 1.09 bits per heavy atom. The molecule has 1 aliphatic rings. The largest absolute Gasteiger partial charge is 0.459 e. The second kappa shape index (κ2) is 9.85. The van der Waals surface area contributed by atoms with Crippen molar-refractivity contribution >= 4 is 12.4 Å². The van der Waals surface area contributed by atoms with Crippen molar-refractivity contribution in [2.45, 2.75) is 32.8 Å². The molecule has 0 bridgehead atoms. The van der Waals surface area contributed by atoms with Crippen LogP contribution in [-0.2, 0) is 14.3 Å². The maximum Gasteiger partial charge on any atom is 0.320 e. The molecule has 1 amide bonds. The number of nitrogens with zero attached hydrogens (tertiary/aromatic N) is 3. The van der Waals surface area contributed by atoms with Crippen LogP contribution in [0.2, 0.25) is 0 Å². The average Bonchev–Trinajstić information content (AvgIpc) is 2.54. The van der Waals surface area contributed by atoms with E-state index >= 15 is 0 Å². The van der Waals surface area contributed by atoms with Gasteiger partial charge in [0, 0.05) is 39.3 Å². The molecule has 1 saturated heterocycles. The topological polar surface area (TPSA) is 79.1 Å². The van der Waals surface area contributed by atoms with E-state index in [9.17, 15) is 9.59 Å². The summed E-state index contributed by atoms with van der Waals surface area (Å²) in [4.78, 5) is 29.3. The van der Waals surface area contributed by atoms with Crippen LogP contribution >= 0.6 is 0 Å². The van der Waals surface area contributed by atoms with Crippen LogP contribution in [0.4, 0.5) is 0 Å². The Balaban J connectivity index is 2.59. The van der Waals surface area contributed by atoms with Gasteiger partial charge in [-0.3, -0.25) is 14.5 Å². The summed E-state index contributed by atoms with van der Waals surface area (Å²) in [6.07, 6.45) is 1.82. The molecule has 134 valence electrons. The van der Waals surface area contributed by atoms with E-state index in [-0.39, 0.29) is 12.5 Å². The van der Waals surface area contributed by atoms with Gasteiger partial charge in [0.05, 0.1) is 6.54 Å². The van der Waals surface area contributed by atoms with Crippen molar-refractivity contribution in [3.8, 4) is 0 Å². The van der Waals surface area contributed by atoms with Crippen LogP contribution < -0.4 is 5.73 Å². The molecule has 1 fully saturated rings. The summed E-state index contributed by atoms with van der Waals surface area (Å²) in [5.74, 6) is -0.220. The van der Waals surface area contributed by atoms with E-state index in [0.29, 0.717) is 26.2 Å². The van der Waals surface area contributed by atoms with E-state index in [1.54, 1.807) is 4.90 Å². The van der Waals surface area contributed by atoms with Crippen molar-refractivity contribution in [3.63, 3.8) is 0 Å². The van der Waals surface area contributed by atoms with E-state index in [2.05, 4.69) is 9.80 Å². The highest BCUT2D eigenvalue weighted by molar-refractivity contribution is 5.72. The predicted molar refractivity (Wildman–Crippen MR) is 90.0 cm³/mol. The molecule has 1 rings (SSSR count). The number of amides is 1. The lowest BCUT2D eigenvalue weighted by Crippen LogP contribution is -2.41. The van der Waals surface area contributed by atoms with Crippen molar-refractivity contribution in [3.05, 3.63) is 0 Å². The van der Waals surface area contributed by atoms with Gasteiger partial charge in [0.1, 0.15) is 5.60 Å². The van der Waals surface area contributed by atoms with Crippen molar-refractivity contribution in [1.29, 1.82) is 0 Å². The SMILES string of the molecule is CC(C)(C)OC(=O)CN1CCN(C=O)CCN(CCCN)CC1. The van der Waals surface area contributed by atoms with Crippen molar-refractivity contribution in [1.82, 2.24) is 14.7 Å². The lowest BCUT2D eigenvalue weighted by Gasteiger charge is -2.26. The van der Waals surface area contributed by atoms with Crippen molar-refractivity contribution in [2.75, 3.05) is 58.9 Å². The fourth-order valence-electron chi connectivity index (χ4n) is 2.52. The zero-order valence-corrected chi connectivity index (χ0v) is 14.8. The third-order valence-corrected chi connectivity index (χ3v) is 3.74. The molecule has 2 N–H and O–H groups in total. The maximum absolute atomic E-state index is 12.0. The minimum Gasteiger partial charge on any atom is -0.459 e. The molecule has 23 heavy (non-hydrogen) atoms. The zero-order valence-electron chi connectivity index (χ0n) is 14.8. The van der Waals surface area contributed by atoms with Gasteiger partial charge in [0.15, 0.2) is 0 Å². The van der Waals surface area contributed by atoms with Crippen LogP contribution in [0, 0.1) is 0 Å². The van der Waals surface area contributed by atoms with Crippen LogP contribution in [0.5, 0.6) is 0 Å². The van der Waals surface area contributed by atoms with Gasteiger partial charge in [0.25, 0.3) is 0 Å². The van der Waals surface area contributed by atoms with E-state index < -0.39 is 5.60 Å². The van der Waals surface area contributed by atoms with Crippen LogP contribution in [0.15, 0.2) is 0 Å². The molecule has 7 nitrogen and oxygen atoms in total. The highest BCUT2D eigenvalue weighted by Gasteiger charge is 2.21. The molecular weight excluding hydrogens is 296 g/mol. The van der Waals surface area contributed by atoms with Gasteiger partial charge in [-0.2, -0.15) is 0 Å². The predicted octanol–water partition coefficient (Wildman–Crippen LogP) is -0.247. The highest BCUT2D eigenvalue weighted by atomic mass is 16.6. The second-order valence-electron chi connectivity index (χ2n) is 6.99. The second-order valence-corrected chi connectivity index (χ2v) is 6.99. The third-order valence-electron chi connectivity index (χ3n) is 3.74. The maximum atomic E-state index is 12.0. The fraction of sp³-hybridized carbons (Fsp3) is 0.875. The first-order chi connectivity index (χ1) is 10.8. The van der Waals surface area contributed by atoms with Crippen LogP contribution in [0.1, 0.15) is 27.2 Å². The first-order valence-corrected chi connectivity index (χ1v) is 8.40. The normalized spacial score (nSPS) is 18.9. The smallest absolute Gasteiger partial charge is 0.320 e. The van der Waals surface area contributed by atoms with Gasteiger partial charge in [0.2, 0.25) is 6.41 Å². The Labute approximate surface area is 139 Å². The molecule has 0 aromatic carbocycles. The fourth-order valence-corrected chi connectivity index (χ4v) is 2.52. The van der Waals surface area contributed by atoms with Gasteiger partial charge in [-0.05, 0) is 40.3 Å². The quantitative estimate of drug-likeness (QED) is 0.535. The third kappa shape index (κ3) is 8.88. The molecule has 0 spiro atoms. The Morgan fingerprint density at radius 3 is 2.22 bits per heavy atom. The van der Waals surface area contributed by atoms with E-state index in [0.717, 1.165) is 39.0 Å². The molecule has 0 atom stereocenters. The molecule has 0 aromatic heterocycles. The summed E-state index contributed by atoms with van der Waals surface area (Å²) in [5, 5.41) is 0. The molecule has 1 heterocycles. The molecule has 0 saturated carbocycles. The molecule has 0 radical (unpaired) electrons. The van der Waals surface area contributed by atoms with Crippen LogP contribution in [-0.4, -0.2) is 91.6 Å². The Morgan fingerprint density at radius 2 is 1.65 bits per heavy atom. The van der Waals surface area contributed by atoms with Gasteiger partial charge >= 0.3 is 5.97 Å². The summed E-state index contributed by atoms with van der Waals surface area (Å²) in [6, 6.07) is 0. The summed E-state index contributed by atoms with van der Waals surface area (Å²) in [6.45, 7) is 12.0. The number of nitrogens with two attached hydrogens (primary N) is 1. The summed E-state index contributed by atoms with van der Waals surface area (Å²) in [7, 11) is 0. The number of carbonyl (C=O) groups is 2. The Hall–Kier alpha value is -1.18. The standard InChI is InChI=1S/C16H32N4O3/c1-16(2,3)23-15(22)13-19-9-7-18(6-4-5-17)8-11-20(14-21)12-10-19/h14H,4-13,17H2,1-3H3. The lowest BCUT2D eigenvalue weighted by molar-refractivity contribution is -0.156. The first kappa shape index (κ1) is 19.9. The number of ether oxygens (including phenoxy) is 1. The highest BCUT2D eigenvalue weighted by Crippen LogP contribution is 2.08. The van der Waals surface area contributed by atoms with Gasteiger partial charge in [-0.15, -0.1) is 0 Å². The van der Waals surface area contributed by atoms with Gasteiger partial charge in [-0.1, -0.05) is 0 Å². The lowest BCUT2D eigenvalue weighted by atomic mass is 10.2. The number of carbonyl (C=O) groups excluding carboxylic acids is 2. The van der Waals surface area contributed by atoms with Crippen LogP contribution in [0.3, 0.4) is 0 Å². The summed E-state index contributed by atoms with van der Waals surface area (Å²) < 4.78 is 5.39. The molecule has 0 aromatic rings. The summed E-state index contributed by atoms with van der Waals surface area (Å²) in [5.41, 5.74) is 5.11. The van der Waals surface area contributed by atoms with E-state index in [1.165, 1.54) is 0 Å². The average molecular weight is 328 g/mol. The molecule has 0 unspecified atom stereocenters. The number of hydrogen-bond acceptors (Lipinski definition) is 6. The molecule has 1 aliphatic heterocycles. The van der Waals surface area contributed by atoms with Gasteiger partial charge in [-0.25, -0.2) is 0 Å². The first-order valence-electron chi connectivity index (χ1n) is 8.40. The Kier molecular flexibility index (Phi) is 8.51. The number of rotatable bonds is 6. The van der Waals surface area contributed by atoms with Crippen molar-refractivity contribution < 1.29 is 14.3 Å². The monoisotopic (exact) mass is 328 g/mol. The summed E-state index contributed by atoms with van der Waals surface area (Å²) >= 11 is 0. The number of esters is 1. The van der Waals surface area contributed by atoms with E-state index in [4.69, 9.17) is 10.5 Å². The van der Waals surface area contributed by atoms with E-state index in [1.807, 2.05) is 20.8 Å². The zero-order chi connectivity index (χ0) is 17.3. The Bertz CT molecular complexity index is 371. The van der Waals surface area contributed by atoms with Gasteiger partial charge < -0.3 is 20.3 Å².